The molecule has 1 aromatic rings. The number of aliphatic hydroxyl groups excluding tert-OH is 2. The molecule has 0 spiro atoms. The molecule has 0 aliphatic carbocycles. The Labute approximate surface area is 100 Å². The highest BCUT2D eigenvalue weighted by atomic mass is 79.9. The Bertz CT molecular complexity index is 386. The van der Waals surface area contributed by atoms with Gasteiger partial charge >= 0.3 is 0 Å². The maximum absolute atomic E-state index is 12.9. The van der Waals surface area contributed by atoms with E-state index in [9.17, 15) is 9.18 Å². The van der Waals surface area contributed by atoms with E-state index in [1.54, 1.807) is 0 Å². The quantitative estimate of drug-likeness (QED) is 0.764. The van der Waals surface area contributed by atoms with Crippen molar-refractivity contribution in [1.29, 1.82) is 0 Å². The Kier molecular flexibility index (Phi) is 4.85. The third-order valence-corrected chi connectivity index (χ3v) is 2.57. The van der Waals surface area contributed by atoms with Crippen molar-refractivity contribution in [1.82, 2.24) is 5.32 Å². The molecule has 1 unspecified atom stereocenters. The predicted molar refractivity (Wildman–Crippen MR) is 59.5 cm³/mol. The zero-order valence-corrected chi connectivity index (χ0v) is 9.87. The molecular formula is C10H11BrFNO3. The molecule has 0 fully saturated rings. The normalized spacial score (nSPS) is 12.2. The molecule has 3 N–H and O–H groups in total. The molecular weight excluding hydrogens is 281 g/mol. The molecule has 0 heterocycles. The third kappa shape index (κ3) is 3.55. The maximum Gasteiger partial charge on any atom is 0.252 e. The Balaban J connectivity index is 2.69. The van der Waals surface area contributed by atoms with E-state index in [0.29, 0.717) is 4.47 Å². The SMILES string of the molecule is O=C(NCC(O)CO)c1cc(F)ccc1Br. The van der Waals surface area contributed by atoms with Crippen molar-refractivity contribution in [2.75, 3.05) is 13.2 Å². The summed E-state index contributed by atoms with van der Waals surface area (Å²) in [5.41, 5.74) is 0.144. The van der Waals surface area contributed by atoms with E-state index in [2.05, 4.69) is 21.2 Å². The highest BCUT2D eigenvalue weighted by molar-refractivity contribution is 9.10. The van der Waals surface area contributed by atoms with Gasteiger partial charge in [-0.15, -0.1) is 0 Å². The maximum atomic E-state index is 12.9. The molecule has 0 bridgehead atoms. The van der Waals surface area contributed by atoms with E-state index in [4.69, 9.17) is 10.2 Å². The largest absolute Gasteiger partial charge is 0.394 e. The summed E-state index contributed by atoms with van der Waals surface area (Å²) in [4.78, 5) is 11.5. The summed E-state index contributed by atoms with van der Waals surface area (Å²) in [7, 11) is 0. The van der Waals surface area contributed by atoms with Gasteiger partial charge in [0.25, 0.3) is 5.91 Å². The molecule has 1 atom stereocenters. The average Bonchev–Trinajstić information content (AvgIpc) is 2.28. The second kappa shape index (κ2) is 5.93. The number of hydrogen-bond donors (Lipinski definition) is 3. The fourth-order valence-electron chi connectivity index (χ4n) is 1.04. The minimum atomic E-state index is -1.02. The molecule has 0 radical (unpaired) electrons. The van der Waals surface area contributed by atoms with Crippen LogP contribution in [0.5, 0.6) is 0 Å². The lowest BCUT2D eigenvalue weighted by Crippen LogP contribution is -2.34. The molecule has 1 aromatic carbocycles. The van der Waals surface area contributed by atoms with Gasteiger partial charge in [-0.2, -0.15) is 0 Å². The van der Waals surface area contributed by atoms with E-state index in [1.165, 1.54) is 12.1 Å². The first-order valence-corrected chi connectivity index (χ1v) is 5.36. The zero-order valence-electron chi connectivity index (χ0n) is 8.28. The summed E-state index contributed by atoms with van der Waals surface area (Å²) in [5.74, 6) is -1.03. The Morgan fingerprint density at radius 3 is 2.88 bits per heavy atom. The van der Waals surface area contributed by atoms with Crippen LogP contribution in [0.4, 0.5) is 4.39 Å². The summed E-state index contributed by atoms with van der Waals surface area (Å²) in [5, 5.41) is 19.9. The second-order valence-electron chi connectivity index (χ2n) is 3.17. The number of hydrogen-bond acceptors (Lipinski definition) is 3. The van der Waals surface area contributed by atoms with Crippen molar-refractivity contribution >= 4 is 21.8 Å². The van der Waals surface area contributed by atoms with E-state index >= 15 is 0 Å². The Morgan fingerprint density at radius 1 is 1.56 bits per heavy atom. The summed E-state index contributed by atoms with van der Waals surface area (Å²) < 4.78 is 13.3. The molecule has 6 heteroatoms. The number of carbonyl (C=O) groups excluding carboxylic acids is 1. The van der Waals surface area contributed by atoms with E-state index in [1.807, 2.05) is 0 Å². The van der Waals surface area contributed by atoms with Gasteiger partial charge in [-0.25, -0.2) is 4.39 Å². The van der Waals surface area contributed by atoms with Crippen molar-refractivity contribution < 1.29 is 19.4 Å². The van der Waals surface area contributed by atoms with Gasteiger partial charge < -0.3 is 15.5 Å². The smallest absolute Gasteiger partial charge is 0.252 e. The lowest BCUT2D eigenvalue weighted by Gasteiger charge is -2.09. The number of aliphatic hydroxyl groups is 2. The van der Waals surface area contributed by atoms with Gasteiger partial charge in [-0.05, 0) is 34.1 Å². The number of amides is 1. The van der Waals surface area contributed by atoms with Gasteiger partial charge in [-0.1, -0.05) is 0 Å². The van der Waals surface area contributed by atoms with Gasteiger partial charge in [0.1, 0.15) is 5.82 Å². The van der Waals surface area contributed by atoms with Crippen LogP contribution in [0.25, 0.3) is 0 Å². The first kappa shape index (κ1) is 13.1. The molecule has 4 nitrogen and oxygen atoms in total. The molecule has 88 valence electrons. The molecule has 0 aliphatic rings. The summed E-state index contributed by atoms with van der Waals surface area (Å²) in [6, 6.07) is 3.74. The number of carbonyl (C=O) groups is 1. The van der Waals surface area contributed by atoms with Crippen molar-refractivity contribution in [3.63, 3.8) is 0 Å². The summed E-state index contributed by atoms with van der Waals surface area (Å²) >= 11 is 3.12. The molecule has 16 heavy (non-hydrogen) atoms. The monoisotopic (exact) mass is 291 g/mol. The van der Waals surface area contributed by atoms with Crippen molar-refractivity contribution in [3.8, 4) is 0 Å². The van der Waals surface area contributed by atoms with Crippen LogP contribution in [0.3, 0.4) is 0 Å². The van der Waals surface area contributed by atoms with E-state index in [0.717, 1.165) is 6.07 Å². The van der Waals surface area contributed by atoms with Crippen LogP contribution in [0, 0.1) is 5.82 Å². The molecule has 0 aliphatic heterocycles. The first-order valence-electron chi connectivity index (χ1n) is 4.56. The number of rotatable bonds is 4. The fourth-order valence-corrected chi connectivity index (χ4v) is 1.47. The number of nitrogens with one attached hydrogen (secondary N) is 1. The van der Waals surface area contributed by atoms with Crippen LogP contribution in [0.1, 0.15) is 10.4 Å². The first-order chi connectivity index (χ1) is 7.54. The highest BCUT2D eigenvalue weighted by Crippen LogP contribution is 2.17. The average molecular weight is 292 g/mol. The molecule has 0 aromatic heterocycles. The molecule has 1 rings (SSSR count). The van der Waals surface area contributed by atoms with Crippen LogP contribution >= 0.6 is 15.9 Å². The van der Waals surface area contributed by atoms with Gasteiger partial charge in [0.2, 0.25) is 0 Å². The van der Waals surface area contributed by atoms with Gasteiger partial charge in [-0.3, -0.25) is 4.79 Å². The lowest BCUT2D eigenvalue weighted by molar-refractivity contribution is 0.0801. The van der Waals surface area contributed by atoms with E-state index < -0.39 is 24.4 Å². The minimum absolute atomic E-state index is 0.0850. The lowest BCUT2D eigenvalue weighted by atomic mass is 10.2. The topological polar surface area (TPSA) is 69.6 Å². The van der Waals surface area contributed by atoms with Gasteiger partial charge in [0.05, 0.1) is 18.3 Å². The third-order valence-electron chi connectivity index (χ3n) is 1.88. The highest BCUT2D eigenvalue weighted by Gasteiger charge is 2.12. The summed E-state index contributed by atoms with van der Waals surface area (Å²) in [6.07, 6.45) is -1.02. The molecule has 1 amide bonds. The fraction of sp³-hybridized carbons (Fsp3) is 0.300. The van der Waals surface area contributed by atoms with Crippen LogP contribution in [-0.4, -0.2) is 35.4 Å². The zero-order chi connectivity index (χ0) is 12.1. The minimum Gasteiger partial charge on any atom is -0.394 e. The van der Waals surface area contributed by atoms with E-state index in [-0.39, 0.29) is 12.1 Å². The standard InChI is InChI=1S/C10H11BrFNO3/c11-9-2-1-6(12)3-8(9)10(16)13-4-7(15)5-14/h1-3,7,14-15H,4-5H2,(H,13,16). The van der Waals surface area contributed by atoms with Crippen LogP contribution in [0.15, 0.2) is 22.7 Å². The Hall–Kier alpha value is -0.980. The van der Waals surface area contributed by atoms with Crippen molar-refractivity contribution in [3.05, 3.63) is 34.1 Å². The van der Waals surface area contributed by atoms with Gasteiger partial charge in [0.15, 0.2) is 0 Å². The molecule has 0 saturated carbocycles. The van der Waals surface area contributed by atoms with Crippen molar-refractivity contribution in [2.45, 2.75) is 6.10 Å². The van der Waals surface area contributed by atoms with Gasteiger partial charge in [0, 0.05) is 11.0 Å². The van der Waals surface area contributed by atoms with Crippen LogP contribution in [0.2, 0.25) is 0 Å². The molecule has 0 saturated heterocycles. The van der Waals surface area contributed by atoms with Crippen LogP contribution < -0.4 is 5.32 Å². The predicted octanol–water partition coefficient (Wildman–Crippen LogP) is 0.671. The second-order valence-corrected chi connectivity index (χ2v) is 4.02. The summed E-state index contributed by atoms with van der Waals surface area (Å²) in [6.45, 7) is -0.525. The van der Waals surface area contributed by atoms with Crippen molar-refractivity contribution in [2.24, 2.45) is 0 Å². The Morgan fingerprint density at radius 2 is 2.25 bits per heavy atom. The number of halogens is 2. The number of benzene rings is 1. The van der Waals surface area contributed by atoms with Crippen LogP contribution in [-0.2, 0) is 0 Å².